The Balaban J connectivity index is 1.56. The molecule has 4 rings (SSSR count). The quantitative estimate of drug-likeness (QED) is 0.573. The fourth-order valence-electron chi connectivity index (χ4n) is 4.30. The summed E-state index contributed by atoms with van der Waals surface area (Å²) in [4.78, 5) is 32.2. The van der Waals surface area contributed by atoms with Gasteiger partial charge >= 0.3 is 0 Å². The fraction of sp³-hybridized carbons (Fsp3) is 0.269. The summed E-state index contributed by atoms with van der Waals surface area (Å²) in [5, 5.41) is 3.54. The number of hydrogen-bond donors (Lipinski definition) is 1. The van der Waals surface area contributed by atoms with Crippen LogP contribution in [0.1, 0.15) is 38.6 Å². The summed E-state index contributed by atoms with van der Waals surface area (Å²) in [6, 6.07) is 15.8. The van der Waals surface area contributed by atoms with E-state index < -0.39 is 0 Å². The average Bonchev–Trinajstić information content (AvgIpc) is 2.88. The predicted molar refractivity (Wildman–Crippen MR) is 130 cm³/mol. The van der Waals surface area contributed by atoms with Crippen molar-refractivity contribution in [2.75, 3.05) is 27.3 Å². The normalized spacial score (nSPS) is 17.7. The number of pyridine rings is 1. The summed E-state index contributed by atoms with van der Waals surface area (Å²) in [7, 11) is 3.10. The zero-order chi connectivity index (χ0) is 24.1. The van der Waals surface area contributed by atoms with Crippen LogP contribution in [0.3, 0.4) is 0 Å². The van der Waals surface area contributed by atoms with E-state index >= 15 is 0 Å². The minimum Gasteiger partial charge on any atom is -0.493 e. The topological polar surface area (TPSA) is 80.8 Å². The van der Waals surface area contributed by atoms with Crippen molar-refractivity contribution < 1.29 is 19.1 Å². The Hall–Kier alpha value is -3.58. The molecule has 1 N–H and O–H groups in total. The molecule has 34 heavy (non-hydrogen) atoms. The number of halogens is 1. The molecule has 2 aromatic carbocycles. The molecule has 2 heterocycles. The van der Waals surface area contributed by atoms with Gasteiger partial charge in [-0.2, -0.15) is 0 Å². The van der Waals surface area contributed by atoms with Crippen LogP contribution in [0.5, 0.6) is 11.5 Å². The Morgan fingerprint density at radius 3 is 2.47 bits per heavy atom. The van der Waals surface area contributed by atoms with E-state index in [1.807, 2.05) is 17.0 Å². The van der Waals surface area contributed by atoms with Crippen LogP contribution in [0.2, 0.25) is 5.02 Å². The third-order valence-corrected chi connectivity index (χ3v) is 6.43. The zero-order valence-corrected chi connectivity index (χ0v) is 19.8. The summed E-state index contributed by atoms with van der Waals surface area (Å²) in [6.07, 6.45) is 4.04. The number of aromatic nitrogens is 1. The molecule has 2 atom stereocenters. The second-order valence-electron chi connectivity index (χ2n) is 8.06. The van der Waals surface area contributed by atoms with Gasteiger partial charge in [0.05, 0.1) is 24.8 Å². The number of likely N-dealkylation sites (tertiary alicyclic amines) is 1. The van der Waals surface area contributed by atoms with Crippen molar-refractivity contribution in [2.45, 2.75) is 18.4 Å². The van der Waals surface area contributed by atoms with Crippen molar-refractivity contribution in [3.63, 3.8) is 0 Å². The van der Waals surface area contributed by atoms with E-state index in [1.165, 1.54) is 0 Å². The molecule has 0 aliphatic carbocycles. The van der Waals surface area contributed by atoms with Crippen LogP contribution in [-0.2, 0) is 0 Å². The number of hydrogen-bond acceptors (Lipinski definition) is 5. The summed E-state index contributed by atoms with van der Waals surface area (Å²) in [5.74, 6) is 0.633. The smallest absolute Gasteiger partial charge is 0.254 e. The lowest BCUT2D eigenvalue weighted by atomic mass is 9.86. The second kappa shape index (κ2) is 10.6. The summed E-state index contributed by atoms with van der Waals surface area (Å²) in [5.41, 5.74) is 1.95. The number of piperidine rings is 1. The second-order valence-corrected chi connectivity index (χ2v) is 8.46. The summed E-state index contributed by atoms with van der Waals surface area (Å²) >= 11 is 6.23. The van der Waals surface area contributed by atoms with Gasteiger partial charge in [-0.05, 0) is 54.4 Å². The molecule has 0 saturated carbocycles. The first-order chi connectivity index (χ1) is 16.5. The molecule has 2 amide bonds. The number of ether oxygens (including phenoxy) is 2. The van der Waals surface area contributed by atoms with E-state index in [2.05, 4.69) is 10.3 Å². The van der Waals surface area contributed by atoms with E-state index in [1.54, 1.807) is 69.1 Å². The highest BCUT2D eigenvalue weighted by Crippen LogP contribution is 2.31. The minimum atomic E-state index is -0.227. The monoisotopic (exact) mass is 479 g/mol. The maximum Gasteiger partial charge on any atom is 0.254 e. The van der Waals surface area contributed by atoms with Gasteiger partial charge < -0.3 is 19.7 Å². The Morgan fingerprint density at radius 1 is 1.03 bits per heavy atom. The number of nitrogens with one attached hydrogen (secondary N) is 1. The van der Waals surface area contributed by atoms with E-state index in [9.17, 15) is 9.59 Å². The van der Waals surface area contributed by atoms with Crippen molar-refractivity contribution in [2.24, 2.45) is 0 Å². The molecule has 0 bridgehead atoms. The lowest BCUT2D eigenvalue weighted by Crippen LogP contribution is -2.51. The standard InChI is InChI=1S/C26H26ClN3O4/c1-33-23-8-7-18(15-24(23)34-2)26(32)30-14-11-22(20(16-30)17-9-12-28-13-10-17)29-25(31)19-5-3-4-6-21(19)27/h3-10,12-13,15,20,22H,11,14,16H2,1-2H3,(H,29,31)/t20-,22+/m0/s1. The molecule has 1 aliphatic heterocycles. The molecule has 1 aromatic heterocycles. The highest BCUT2D eigenvalue weighted by molar-refractivity contribution is 6.33. The molecular weight excluding hydrogens is 454 g/mol. The van der Waals surface area contributed by atoms with Crippen molar-refractivity contribution >= 4 is 23.4 Å². The number of benzene rings is 2. The molecule has 176 valence electrons. The Morgan fingerprint density at radius 2 is 1.76 bits per heavy atom. The SMILES string of the molecule is COc1ccc(C(=O)N2CC[C@@H](NC(=O)c3ccccc3Cl)[C@H](c3ccncc3)C2)cc1OC. The molecule has 0 spiro atoms. The first-order valence-electron chi connectivity index (χ1n) is 11.0. The largest absolute Gasteiger partial charge is 0.493 e. The van der Waals surface area contributed by atoms with Crippen LogP contribution < -0.4 is 14.8 Å². The minimum absolute atomic E-state index is 0.101. The lowest BCUT2D eigenvalue weighted by molar-refractivity contribution is 0.0671. The summed E-state index contributed by atoms with van der Waals surface area (Å²) < 4.78 is 10.6. The first kappa shape index (κ1) is 23.6. The molecule has 1 saturated heterocycles. The van der Waals surface area contributed by atoms with Crippen LogP contribution in [0.4, 0.5) is 0 Å². The highest BCUT2D eigenvalue weighted by Gasteiger charge is 2.34. The van der Waals surface area contributed by atoms with Gasteiger partial charge in [-0.3, -0.25) is 14.6 Å². The summed E-state index contributed by atoms with van der Waals surface area (Å²) in [6.45, 7) is 0.951. The Bertz CT molecular complexity index is 1170. The Kier molecular flexibility index (Phi) is 7.33. The van der Waals surface area contributed by atoms with Gasteiger partial charge in [0.2, 0.25) is 0 Å². The van der Waals surface area contributed by atoms with Crippen LogP contribution in [0, 0.1) is 0 Å². The molecule has 0 unspecified atom stereocenters. The third-order valence-electron chi connectivity index (χ3n) is 6.10. The Labute approximate surface area is 203 Å². The number of amides is 2. The van der Waals surface area contributed by atoms with E-state index in [4.69, 9.17) is 21.1 Å². The molecule has 8 heteroatoms. The lowest BCUT2D eigenvalue weighted by Gasteiger charge is -2.39. The highest BCUT2D eigenvalue weighted by atomic mass is 35.5. The van der Waals surface area contributed by atoms with Crippen LogP contribution >= 0.6 is 11.6 Å². The maximum absolute atomic E-state index is 13.4. The number of rotatable bonds is 6. The average molecular weight is 480 g/mol. The first-order valence-corrected chi connectivity index (χ1v) is 11.4. The van der Waals surface area contributed by atoms with Crippen molar-refractivity contribution in [1.29, 1.82) is 0 Å². The molecule has 7 nitrogen and oxygen atoms in total. The van der Waals surface area contributed by atoms with Gasteiger partial charge in [0.25, 0.3) is 11.8 Å². The molecule has 3 aromatic rings. The van der Waals surface area contributed by atoms with Crippen LogP contribution in [0.25, 0.3) is 0 Å². The van der Waals surface area contributed by atoms with Gasteiger partial charge in [-0.1, -0.05) is 23.7 Å². The van der Waals surface area contributed by atoms with Crippen molar-refractivity contribution in [3.05, 3.63) is 88.7 Å². The molecule has 1 fully saturated rings. The molecular formula is C26H26ClN3O4. The number of carbonyl (C=O) groups is 2. The molecule has 1 aliphatic rings. The van der Waals surface area contributed by atoms with Crippen molar-refractivity contribution in [1.82, 2.24) is 15.2 Å². The number of carbonyl (C=O) groups excluding carboxylic acids is 2. The predicted octanol–water partition coefficient (Wildman–Crippen LogP) is 4.18. The van der Waals surface area contributed by atoms with Gasteiger partial charge in [0.1, 0.15) is 0 Å². The van der Waals surface area contributed by atoms with Gasteiger partial charge in [-0.25, -0.2) is 0 Å². The van der Waals surface area contributed by atoms with E-state index in [0.29, 0.717) is 47.2 Å². The van der Waals surface area contributed by atoms with E-state index in [0.717, 1.165) is 5.56 Å². The number of nitrogens with zero attached hydrogens (tertiary/aromatic N) is 2. The zero-order valence-electron chi connectivity index (χ0n) is 19.0. The fourth-order valence-corrected chi connectivity index (χ4v) is 4.52. The number of methoxy groups -OCH3 is 2. The van der Waals surface area contributed by atoms with Gasteiger partial charge in [0, 0.05) is 43.0 Å². The molecule has 0 radical (unpaired) electrons. The van der Waals surface area contributed by atoms with Crippen LogP contribution in [0.15, 0.2) is 67.0 Å². The maximum atomic E-state index is 13.4. The van der Waals surface area contributed by atoms with Crippen molar-refractivity contribution in [3.8, 4) is 11.5 Å². The third kappa shape index (κ3) is 4.99. The van der Waals surface area contributed by atoms with Gasteiger partial charge in [-0.15, -0.1) is 0 Å². The van der Waals surface area contributed by atoms with Crippen LogP contribution in [-0.4, -0.2) is 55.0 Å². The van der Waals surface area contributed by atoms with Gasteiger partial charge in [0.15, 0.2) is 11.5 Å². The van der Waals surface area contributed by atoms with E-state index in [-0.39, 0.29) is 23.8 Å².